The van der Waals surface area contributed by atoms with E-state index in [9.17, 15) is 9.59 Å². The van der Waals surface area contributed by atoms with Crippen LogP contribution in [0.15, 0.2) is 36.2 Å². The van der Waals surface area contributed by atoms with E-state index in [0.29, 0.717) is 24.7 Å². The summed E-state index contributed by atoms with van der Waals surface area (Å²) in [6, 6.07) is 5.89. The second-order valence-electron chi connectivity index (χ2n) is 9.14. The Balaban J connectivity index is 1.24. The molecule has 2 aliphatic heterocycles. The number of ether oxygens (including phenoxy) is 1. The van der Waals surface area contributed by atoms with Gasteiger partial charge in [0, 0.05) is 57.1 Å². The third kappa shape index (κ3) is 5.85. The molecule has 0 spiro atoms. The SMILES string of the molecule is C=CCN1CCN(C(=O)c2csc(C3CCN(C(=O)COc4ccc(C)c(C)c4)CC3)n2)CC1. The fourth-order valence-electron chi connectivity index (χ4n) is 4.47. The van der Waals surface area contributed by atoms with Crippen LogP contribution in [0.2, 0.25) is 0 Å². The van der Waals surface area contributed by atoms with E-state index in [1.165, 1.54) is 5.56 Å². The van der Waals surface area contributed by atoms with E-state index in [0.717, 1.165) is 61.9 Å². The average molecular weight is 483 g/mol. The monoisotopic (exact) mass is 482 g/mol. The molecule has 34 heavy (non-hydrogen) atoms. The molecule has 4 rings (SSSR count). The van der Waals surface area contributed by atoms with E-state index < -0.39 is 0 Å². The normalized spacial score (nSPS) is 17.6. The Hall–Kier alpha value is -2.71. The molecular formula is C26H34N4O3S. The molecule has 0 radical (unpaired) electrons. The predicted octanol–water partition coefficient (Wildman–Crippen LogP) is 3.49. The van der Waals surface area contributed by atoms with Crippen LogP contribution in [0.3, 0.4) is 0 Å². The van der Waals surface area contributed by atoms with Gasteiger partial charge >= 0.3 is 0 Å². The van der Waals surface area contributed by atoms with Gasteiger partial charge in [0.25, 0.3) is 11.8 Å². The van der Waals surface area contributed by atoms with Crippen LogP contribution in [-0.4, -0.2) is 83.9 Å². The number of rotatable bonds is 7. The van der Waals surface area contributed by atoms with Gasteiger partial charge in [-0.1, -0.05) is 12.1 Å². The van der Waals surface area contributed by atoms with Crippen molar-refractivity contribution in [3.8, 4) is 5.75 Å². The minimum atomic E-state index is 0.0160. The molecule has 2 aliphatic rings. The second kappa shape index (κ2) is 11.1. The van der Waals surface area contributed by atoms with Crippen molar-refractivity contribution in [2.75, 3.05) is 52.4 Å². The highest BCUT2D eigenvalue weighted by atomic mass is 32.1. The number of thiazole rings is 1. The minimum Gasteiger partial charge on any atom is -0.484 e. The minimum absolute atomic E-state index is 0.0160. The summed E-state index contributed by atoms with van der Waals surface area (Å²) >= 11 is 1.57. The number of carbonyl (C=O) groups is 2. The van der Waals surface area contributed by atoms with E-state index in [1.807, 2.05) is 46.4 Å². The molecule has 0 unspecified atom stereocenters. The number of aryl methyl sites for hydroxylation is 2. The number of likely N-dealkylation sites (tertiary alicyclic amines) is 1. The summed E-state index contributed by atoms with van der Waals surface area (Å²) in [6.45, 7) is 13.4. The number of nitrogens with zero attached hydrogens (tertiary/aromatic N) is 4. The Morgan fingerprint density at radius 2 is 1.82 bits per heavy atom. The predicted molar refractivity (Wildman–Crippen MR) is 135 cm³/mol. The molecule has 1 aromatic carbocycles. The van der Waals surface area contributed by atoms with Gasteiger partial charge in [0.15, 0.2) is 6.61 Å². The largest absolute Gasteiger partial charge is 0.484 e. The van der Waals surface area contributed by atoms with Crippen LogP contribution in [-0.2, 0) is 4.79 Å². The summed E-state index contributed by atoms with van der Waals surface area (Å²) in [6.07, 6.45) is 3.62. The Morgan fingerprint density at radius 3 is 2.50 bits per heavy atom. The highest BCUT2D eigenvalue weighted by Gasteiger charge is 2.28. The Bertz CT molecular complexity index is 1020. The van der Waals surface area contributed by atoms with Crippen molar-refractivity contribution in [2.24, 2.45) is 0 Å². The molecule has 0 aliphatic carbocycles. The number of piperidine rings is 1. The van der Waals surface area contributed by atoms with Crippen molar-refractivity contribution >= 4 is 23.2 Å². The molecule has 8 heteroatoms. The maximum atomic E-state index is 12.9. The summed E-state index contributed by atoms with van der Waals surface area (Å²) in [5, 5.41) is 2.90. The average Bonchev–Trinajstić information content (AvgIpc) is 3.35. The summed E-state index contributed by atoms with van der Waals surface area (Å²) < 4.78 is 5.72. The third-order valence-corrected chi connectivity index (χ3v) is 7.83. The van der Waals surface area contributed by atoms with Crippen LogP contribution in [0.4, 0.5) is 0 Å². The zero-order valence-electron chi connectivity index (χ0n) is 20.2. The number of hydrogen-bond acceptors (Lipinski definition) is 6. The maximum Gasteiger partial charge on any atom is 0.273 e. The number of amides is 2. The summed E-state index contributed by atoms with van der Waals surface area (Å²) in [5.74, 6) is 1.06. The molecule has 2 aromatic rings. The van der Waals surface area contributed by atoms with Crippen LogP contribution >= 0.6 is 11.3 Å². The zero-order chi connectivity index (χ0) is 24.1. The standard InChI is InChI=1S/C26H34N4O3S/c1-4-9-28-12-14-30(15-13-28)26(32)23-18-34-25(27-23)21-7-10-29(11-8-21)24(31)17-33-22-6-5-19(2)20(3)16-22/h4-6,16,18,21H,1,7-15,17H2,2-3H3. The van der Waals surface area contributed by atoms with Gasteiger partial charge in [0.1, 0.15) is 11.4 Å². The lowest BCUT2D eigenvalue weighted by Crippen LogP contribution is -2.48. The lowest BCUT2D eigenvalue weighted by molar-refractivity contribution is -0.134. The van der Waals surface area contributed by atoms with Crippen molar-refractivity contribution in [3.05, 3.63) is 58.1 Å². The number of piperazine rings is 1. The molecule has 2 amide bonds. The van der Waals surface area contributed by atoms with E-state index in [2.05, 4.69) is 18.4 Å². The quantitative estimate of drug-likeness (QED) is 0.566. The van der Waals surface area contributed by atoms with Gasteiger partial charge in [-0.2, -0.15) is 0 Å². The molecule has 2 saturated heterocycles. The Labute approximate surface area is 206 Å². The van der Waals surface area contributed by atoms with Crippen LogP contribution in [0.1, 0.15) is 45.4 Å². The lowest BCUT2D eigenvalue weighted by atomic mass is 9.97. The molecule has 0 saturated carbocycles. The van der Waals surface area contributed by atoms with E-state index >= 15 is 0 Å². The molecule has 2 fully saturated rings. The lowest BCUT2D eigenvalue weighted by Gasteiger charge is -2.33. The van der Waals surface area contributed by atoms with Crippen LogP contribution < -0.4 is 4.74 Å². The highest BCUT2D eigenvalue weighted by Crippen LogP contribution is 2.31. The van der Waals surface area contributed by atoms with Gasteiger partial charge in [-0.05, 0) is 49.9 Å². The number of carbonyl (C=O) groups excluding carboxylic acids is 2. The molecular weight excluding hydrogens is 448 g/mol. The number of aromatic nitrogens is 1. The Morgan fingerprint density at radius 1 is 1.09 bits per heavy atom. The topological polar surface area (TPSA) is 66.0 Å². The van der Waals surface area contributed by atoms with E-state index in [4.69, 9.17) is 9.72 Å². The fourth-order valence-corrected chi connectivity index (χ4v) is 5.43. The summed E-state index contributed by atoms with van der Waals surface area (Å²) in [5.41, 5.74) is 2.92. The third-order valence-electron chi connectivity index (χ3n) is 6.83. The van der Waals surface area contributed by atoms with Gasteiger partial charge in [-0.25, -0.2) is 4.98 Å². The van der Waals surface area contributed by atoms with E-state index in [1.54, 1.807) is 11.3 Å². The first-order valence-corrected chi connectivity index (χ1v) is 12.9. The van der Waals surface area contributed by atoms with Crippen molar-refractivity contribution < 1.29 is 14.3 Å². The summed E-state index contributed by atoms with van der Waals surface area (Å²) in [4.78, 5) is 36.3. The number of benzene rings is 1. The highest BCUT2D eigenvalue weighted by molar-refractivity contribution is 7.09. The molecule has 1 aromatic heterocycles. The smallest absolute Gasteiger partial charge is 0.273 e. The first-order chi connectivity index (χ1) is 16.4. The van der Waals surface area contributed by atoms with Crippen molar-refractivity contribution in [2.45, 2.75) is 32.6 Å². The van der Waals surface area contributed by atoms with Crippen LogP contribution in [0, 0.1) is 13.8 Å². The molecule has 0 bridgehead atoms. The first kappa shape index (κ1) is 24.4. The number of hydrogen-bond donors (Lipinski definition) is 0. The molecule has 7 nitrogen and oxygen atoms in total. The zero-order valence-corrected chi connectivity index (χ0v) is 21.0. The summed E-state index contributed by atoms with van der Waals surface area (Å²) in [7, 11) is 0. The Kier molecular flexibility index (Phi) is 8.00. The molecule has 3 heterocycles. The van der Waals surface area contributed by atoms with Gasteiger partial charge in [0.2, 0.25) is 0 Å². The van der Waals surface area contributed by atoms with Crippen LogP contribution in [0.25, 0.3) is 0 Å². The van der Waals surface area contributed by atoms with Crippen molar-refractivity contribution in [1.29, 1.82) is 0 Å². The van der Waals surface area contributed by atoms with E-state index in [-0.39, 0.29) is 18.4 Å². The molecule has 182 valence electrons. The second-order valence-corrected chi connectivity index (χ2v) is 10.0. The van der Waals surface area contributed by atoms with Crippen LogP contribution in [0.5, 0.6) is 5.75 Å². The van der Waals surface area contributed by atoms with Crippen molar-refractivity contribution in [1.82, 2.24) is 19.7 Å². The first-order valence-electron chi connectivity index (χ1n) is 12.0. The van der Waals surface area contributed by atoms with Crippen molar-refractivity contribution in [3.63, 3.8) is 0 Å². The van der Waals surface area contributed by atoms with Gasteiger partial charge in [0.05, 0.1) is 5.01 Å². The van der Waals surface area contributed by atoms with Gasteiger partial charge < -0.3 is 14.5 Å². The molecule has 0 atom stereocenters. The fraction of sp³-hybridized carbons (Fsp3) is 0.500. The van der Waals surface area contributed by atoms with Gasteiger partial charge in [-0.3, -0.25) is 14.5 Å². The maximum absolute atomic E-state index is 12.9. The molecule has 0 N–H and O–H groups in total. The van der Waals surface area contributed by atoms with Gasteiger partial charge in [-0.15, -0.1) is 17.9 Å².